The Kier molecular flexibility index (Phi) is 6.48. The fourth-order valence-electron chi connectivity index (χ4n) is 5.02. The SMILES string of the molecule is O=C(CCn1c(=O)sc2cc(S(=O)(=O)Nc3cccc4c3CCCC4)ccc21)N1CCCCC1. The van der Waals surface area contributed by atoms with Gasteiger partial charge in [0.2, 0.25) is 5.91 Å². The van der Waals surface area contributed by atoms with Crippen molar-refractivity contribution in [1.29, 1.82) is 0 Å². The summed E-state index contributed by atoms with van der Waals surface area (Å²) in [5, 5.41) is 0. The number of amides is 1. The molecule has 2 heterocycles. The van der Waals surface area contributed by atoms with E-state index in [0.717, 1.165) is 74.9 Å². The van der Waals surface area contributed by atoms with Crippen LogP contribution in [0.1, 0.15) is 49.7 Å². The summed E-state index contributed by atoms with van der Waals surface area (Å²) in [7, 11) is -3.80. The number of hydrogen-bond acceptors (Lipinski definition) is 5. The van der Waals surface area contributed by atoms with Gasteiger partial charge in [0.25, 0.3) is 10.0 Å². The van der Waals surface area contributed by atoms with E-state index < -0.39 is 10.0 Å². The van der Waals surface area contributed by atoms with Crippen molar-refractivity contribution in [2.45, 2.75) is 62.8 Å². The molecule has 0 bridgehead atoms. The molecule has 0 atom stereocenters. The molecule has 34 heavy (non-hydrogen) atoms. The number of sulfonamides is 1. The second-order valence-electron chi connectivity index (χ2n) is 9.10. The first-order chi connectivity index (χ1) is 16.4. The molecule has 1 aliphatic heterocycles. The van der Waals surface area contributed by atoms with E-state index in [0.29, 0.717) is 22.4 Å². The second-order valence-corrected chi connectivity index (χ2v) is 11.8. The molecule has 5 rings (SSSR count). The zero-order valence-electron chi connectivity index (χ0n) is 19.1. The smallest absolute Gasteiger partial charge is 0.308 e. The zero-order valence-corrected chi connectivity index (χ0v) is 20.7. The maximum atomic E-state index is 13.2. The minimum Gasteiger partial charge on any atom is -0.343 e. The van der Waals surface area contributed by atoms with Crippen molar-refractivity contribution < 1.29 is 13.2 Å². The van der Waals surface area contributed by atoms with E-state index in [4.69, 9.17) is 0 Å². The third-order valence-corrected chi connectivity index (χ3v) is 9.15. The van der Waals surface area contributed by atoms with E-state index >= 15 is 0 Å². The number of nitrogens with one attached hydrogen (secondary N) is 1. The Hall–Kier alpha value is -2.65. The normalized spacial score (nSPS) is 16.4. The fraction of sp³-hybridized carbons (Fsp3) is 0.440. The van der Waals surface area contributed by atoms with Gasteiger partial charge >= 0.3 is 4.87 Å². The van der Waals surface area contributed by atoms with Gasteiger partial charge in [0.15, 0.2) is 0 Å². The highest BCUT2D eigenvalue weighted by molar-refractivity contribution is 7.92. The molecule has 0 unspecified atom stereocenters. The highest BCUT2D eigenvalue weighted by atomic mass is 32.2. The van der Waals surface area contributed by atoms with Gasteiger partial charge in [-0.1, -0.05) is 23.5 Å². The molecule has 1 amide bonds. The van der Waals surface area contributed by atoms with Gasteiger partial charge in [-0.05, 0) is 80.3 Å². The second kappa shape index (κ2) is 9.54. The van der Waals surface area contributed by atoms with E-state index in [-0.39, 0.29) is 22.1 Å². The Balaban J connectivity index is 1.36. The number of rotatable bonds is 6. The summed E-state index contributed by atoms with van der Waals surface area (Å²) in [4.78, 5) is 27.0. The number of fused-ring (bicyclic) bond motifs is 2. The molecule has 1 aromatic heterocycles. The summed E-state index contributed by atoms with van der Waals surface area (Å²) in [6, 6.07) is 10.5. The van der Waals surface area contributed by atoms with Crippen LogP contribution in [0.2, 0.25) is 0 Å². The number of benzene rings is 2. The lowest BCUT2D eigenvalue weighted by atomic mass is 9.91. The van der Waals surface area contributed by atoms with E-state index in [1.54, 1.807) is 16.7 Å². The van der Waals surface area contributed by atoms with Crippen LogP contribution in [0, 0.1) is 0 Å². The number of likely N-dealkylation sites (tertiary alicyclic amines) is 1. The minimum atomic E-state index is -3.80. The Morgan fingerprint density at radius 1 is 1.00 bits per heavy atom. The Bertz CT molecular complexity index is 1380. The van der Waals surface area contributed by atoms with Gasteiger partial charge in [-0.25, -0.2) is 8.42 Å². The fourth-order valence-corrected chi connectivity index (χ4v) is 7.17. The lowest BCUT2D eigenvalue weighted by Crippen LogP contribution is -2.36. The van der Waals surface area contributed by atoms with Crippen LogP contribution >= 0.6 is 11.3 Å². The Morgan fingerprint density at radius 2 is 1.79 bits per heavy atom. The van der Waals surface area contributed by atoms with E-state index in [9.17, 15) is 18.0 Å². The summed E-state index contributed by atoms with van der Waals surface area (Å²) < 4.78 is 31.3. The van der Waals surface area contributed by atoms with Crippen LogP contribution in [0.25, 0.3) is 10.2 Å². The van der Waals surface area contributed by atoms with E-state index in [1.165, 1.54) is 11.6 Å². The molecule has 1 fully saturated rings. The minimum absolute atomic E-state index is 0.0699. The molecular formula is C25H29N3O4S2. The van der Waals surface area contributed by atoms with Gasteiger partial charge < -0.3 is 4.90 Å². The summed E-state index contributed by atoms with van der Waals surface area (Å²) >= 11 is 1.02. The molecule has 1 aliphatic carbocycles. The Morgan fingerprint density at radius 3 is 2.62 bits per heavy atom. The van der Waals surface area contributed by atoms with Gasteiger partial charge in [-0.3, -0.25) is 18.9 Å². The molecule has 7 nitrogen and oxygen atoms in total. The standard InChI is InChI=1S/C25H29N3O4S2/c29-24(27-14-4-1-5-15-27)13-16-28-22-12-11-19(17-23(22)33-25(28)30)34(31,32)26-21-10-6-8-18-7-2-3-9-20(18)21/h6,8,10-12,17,26H,1-5,7,9,13-16H2. The maximum absolute atomic E-state index is 13.2. The molecular weight excluding hydrogens is 470 g/mol. The first-order valence-corrected chi connectivity index (χ1v) is 14.3. The number of thiazole rings is 1. The van der Waals surface area contributed by atoms with Gasteiger partial charge in [0, 0.05) is 26.1 Å². The van der Waals surface area contributed by atoms with Crippen LogP contribution in [0.5, 0.6) is 0 Å². The van der Waals surface area contributed by atoms with Crippen molar-refractivity contribution in [3.8, 4) is 0 Å². The summed E-state index contributed by atoms with van der Waals surface area (Å²) in [6.07, 6.45) is 7.51. The number of piperidine rings is 1. The molecule has 1 N–H and O–H groups in total. The number of carbonyl (C=O) groups excluding carboxylic acids is 1. The third-order valence-electron chi connectivity index (χ3n) is 6.85. The van der Waals surface area contributed by atoms with E-state index in [1.807, 2.05) is 17.0 Å². The average molecular weight is 500 g/mol. The summed E-state index contributed by atoms with van der Waals surface area (Å²) in [5.41, 5.74) is 3.58. The number of anilines is 1. The predicted octanol–water partition coefficient (Wildman–Crippen LogP) is 4.15. The first kappa shape index (κ1) is 23.1. The van der Waals surface area contributed by atoms with Crippen molar-refractivity contribution in [3.05, 3.63) is 57.2 Å². The molecule has 2 aliphatic rings. The molecule has 0 saturated carbocycles. The quantitative estimate of drug-likeness (QED) is 0.552. The van der Waals surface area contributed by atoms with Gasteiger partial charge in [0.1, 0.15) is 0 Å². The molecule has 180 valence electrons. The molecule has 0 spiro atoms. The van der Waals surface area contributed by atoms with Crippen molar-refractivity contribution >= 4 is 43.2 Å². The van der Waals surface area contributed by atoms with Crippen LogP contribution in [0.15, 0.2) is 46.1 Å². The molecule has 1 saturated heterocycles. The number of aromatic nitrogens is 1. The average Bonchev–Trinajstić information content (AvgIpc) is 3.17. The largest absolute Gasteiger partial charge is 0.343 e. The molecule has 3 aromatic rings. The van der Waals surface area contributed by atoms with Crippen molar-refractivity contribution in [2.75, 3.05) is 17.8 Å². The number of nitrogens with zero attached hydrogens (tertiary/aromatic N) is 2. The molecule has 9 heteroatoms. The third kappa shape index (κ3) is 4.63. The summed E-state index contributed by atoms with van der Waals surface area (Å²) in [5.74, 6) is 0.0699. The summed E-state index contributed by atoms with van der Waals surface area (Å²) in [6.45, 7) is 1.88. The monoisotopic (exact) mass is 499 g/mol. The predicted molar refractivity (Wildman–Crippen MR) is 135 cm³/mol. The van der Waals surface area contributed by atoms with Crippen molar-refractivity contribution in [3.63, 3.8) is 0 Å². The van der Waals surface area contributed by atoms with Gasteiger partial charge in [-0.2, -0.15) is 0 Å². The number of aryl methyl sites for hydroxylation is 2. The van der Waals surface area contributed by atoms with Crippen molar-refractivity contribution in [1.82, 2.24) is 9.47 Å². The molecule has 2 aromatic carbocycles. The first-order valence-electron chi connectivity index (χ1n) is 12.0. The highest BCUT2D eigenvalue weighted by Gasteiger charge is 2.21. The number of hydrogen-bond donors (Lipinski definition) is 1. The van der Waals surface area contributed by atoms with Gasteiger partial charge in [-0.15, -0.1) is 0 Å². The lowest BCUT2D eigenvalue weighted by Gasteiger charge is -2.26. The topological polar surface area (TPSA) is 88.5 Å². The Labute approximate surface area is 203 Å². The van der Waals surface area contributed by atoms with Crippen LogP contribution in [-0.4, -0.2) is 36.9 Å². The number of carbonyl (C=O) groups is 1. The van der Waals surface area contributed by atoms with Crippen LogP contribution in [-0.2, 0) is 34.2 Å². The highest BCUT2D eigenvalue weighted by Crippen LogP contribution is 2.30. The zero-order chi connectivity index (χ0) is 23.7. The van der Waals surface area contributed by atoms with Crippen LogP contribution < -0.4 is 9.60 Å². The maximum Gasteiger partial charge on any atom is 0.308 e. The van der Waals surface area contributed by atoms with Crippen LogP contribution in [0.4, 0.5) is 5.69 Å². The molecule has 0 radical (unpaired) electrons. The van der Waals surface area contributed by atoms with Gasteiger partial charge in [0.05, 0.1) is 20.8 Å². The van der Waals surface area contributed by atoms with Crippen LogP contribution in [0.3, 0.4) is 0 Å². The van der Waals surface area contributed by atoms with Crippen molar-refractivity contribution in [2.24, 2.45) is 0 Å². The lowest BCUT2D eigenvalue weighted by molar-refractivity contribution is -0.132. The van der Waals surface area contributed by atoms with E-state index in [2.05, 4.69) is 10.8 Å².